The molecule has 0 rings (SSSR count). The second-order valence-electron chi connectivity index (χ2n) is 6.63. The summed E-state index contributed by atoms with van der Waals surface area (Å²) in [7, 11) is 0. The topological polar surface area (TPSA) is 0 Å². The highest BCUT2D eigenvalue weighted by Crippen LogP contribution is 2.15. The zero-order chi connectivity index (χ0) is 14.9. The maximum atomic E-state index is 3.97. The summed E-state index contributed by atoms with van der Waals surface area (Å²) >= 11 is 0. The Kier molecular flexibility index (Phi) is 17.1. The van der Waals surface area contributed by atoms with E-state index in [1.807, 2.05) is 0 Å². The fourth-order valence-corrected chi connectivity index (χ4v) is 2.76. The van der Waals surface area contributed by atoms with Gasteiger partial charge in [0.2, 0.25) is 0 Å². The summed E-state index contributed by atoms with van der Waals surface area (Å²) in [5.41, 5.74) is 0. The highest BCUT2D eigenvalue weighted by Gasteiger charge is 1.98. The third kappa shape index (κ3) is 16.1. The van der Waals surface area contributed by atoms with E-state index in [2.05, 4.69) is 20.8 Å². The standard InChI is InChI=1S/C20H40/c1-4-6-7-8-9-10-11-12-13-14-15-16-17-18-19-20(3)5-2/h20H,1-2,4-19H2,3H3. The lowest BCUT2D eigenvalue weighted by atomic mass is 9.99. The molecular weight excluding hydrogens is 240 g/mol. The maximum Gasteiger partial charge on any atom is -0.0443 e. The Morgan fingerprint density at radius 1 is 0.550 bits per heavy atom. The molecule has 0 aliphatic rings. The molecule has 0 spiro atoms. The van der Waals surface area contributed by atoms with Crippen molar-refractivity contribution in [2.75, 3.05) is 0 Å². The molecule has 1 atom stereocenters. The van der Waals surface area contributed by atoms with E-state index in [1.165, 1.54) is 89.9 Å². The van der Waals surface area contributed by atoms with Gasteiger partial charge in [-0.3, -0.25) is 0 Å². The maximum absolute atomic E-state index is 3.97. The van der Waals surface area contributed by atoms with Crippen molar-refractivity contribution in [2.24, 2.45) is 5.92 Å². The molecule has 0 aromatic rings. The Bertz CT molecular complexity index is 161. The van der Waals surface area contributed by atoms with Crippen LogP contribution in [-0.2, 0) is 0 Å². The second-order valence-corrected chi connectivity index (χ2v) is 6.63. The van der Waals surface area contributed by atoms with Crippen LogP contribution in [-0.4, -0.2) is 0 Å². The molecule has 0 bridgehead atoms. The van der Waals surface area contributed by atoms with Crippen molar-refractivity contribution < 1.29 is 0 Å². The monoisotopic (exact) mass is 280 g/mol. The van der Waals surface area contributed by atoms with Crippen LogP contribution in [0.5, 0.6) is 0 Å². The largest absolute Gasteiger partial charge is 0.0625 e. The van der Waals surface area contributed by atoms with Crippen LogP contribution in [0.15, 0.2) is 0 Å². The lowest BCUT2D eigenvalue weighted by Gasteiger charge is -2.07. The average Bonchev–Trinajstić information content (AvgIpc) is 2.47. The third-order valence-electron chi connectivity index (χ3n) is 4.44. The van der Waals surface area contributed by atoms with Gasteiger partial charge in [-0.05, 0) is 5.92 Å². The Balaban J connectivity index is 2.96. The highest BCUT2D eigenvalue weighted by molar-refractivity contribution is 4.55. The second kappa shape index (κ2) is 17.1. The molecule has 0 aromatic carbocycles. The van der Waals surface area contributed by atoms with Crippen molar-refractivity contribution in [2.45, 2.75) is 110 Å². The molecule has 0 saturated heterocycles. The molecule has 0 heteroatoms. The molecular formula is C20H40. The van der Waals surface area contributed by atoms with Gasteiger partial charge in [-0.2, -0.15) is 0 Å². The van der Waals surface area contributed by atoms with Gasteiger partial charge in [0, 0.05) is 0 Å². The summed E-state index contributed by atoms with van der Waals surface area (Å²) in [5.74, 6) is 0.837. The Morgan fingerprint density at radius 2 is 0.900 bits per heavy atom. The Labute approximate surface area is 130 Å². The van der Waals surface area contributed by atoms with E-state index in [9.17, 15) is 0 Å². The lowest BCUT2D eigenvalue weighted by molar-refractivity contribution is 0.481. The predicted octanol–water partition coefficient (Wildman–Crippen LogP) is 7.53. The molecule has 120 valence electrons. The highest BCUT2D eigenvalue weighted by atomic mass is 14.0. The quantitative estimate of drug-likeness (QED) is 0.256. The molecule has 0 aromatic heterocycles. The van der Waals surface area contributed by atoms with Gasteiger partial charge in [0.15, 0.2) is 0 Å². The molecule has 0 nitrogen and oxygen atoms in total. The van der Waals surface area contributed by atoms with E-state index in [1.54, 1.807) is 0 Å². The molecule has 0 aliphatic carbocycles. The summed E-state index contributed by atoms with van der Waals surface area (Å²) in [5, 5.41) is 0. The molecule has 0 N–H and O–H groups in total. The summed E-state index contributed by atoms with van der Waals surface area (Å²) in [6, 6.07) is 0. The average molecular weight is 281 g/mol. The van der Waals surface area contributed by atoms with E-state index in [-0.39, 0.29) is 0 Å². The van der Waals surface area contributed by atoms with E-state index in [0.29, 0.717) is 0 Å². The minimum atomic E-state index is 0.837. The number of unbranched alkanes of at least 4 members (excludes halogenated alkanes) is 13. The lowest BCUT2D eigenvalue weighted by Crippen LogP contribution is -1.91. The van der Waals surface area contributed by atoms with Crippen LogP contribution >= 0.6 is 0 Å². The Morgan fingerprint density at radius 3 is 1.25 bits per heavy atom. The number of rotatable bonds is 16. The van der Waals surface area contributed by atoms with Gasteiger partial charge in [-0.25, -0.2) is 0 Å². The van der Waals surface area contributed by atoms with Crippen LogP contribution in [0.4, 0.5) is 0 Å². The summed E-state index contributed by atoms with van der Waals surface area (Å²) < 4.78 is 0. The van der Waals surface area contributed by atoms with Crippen molar-refractivity contribution in [3.8, 4) is 0 Å². The third-order valence-corrected chi connectivity index (χ3v) is 4.44. The zero-order valence-electron chi connectivity index (χ0n) is 14.3. The molecule has 0 heterocycles. The number of hydrogen-bond acceptors (Lipinski definition) is 0. The minimum absolute atomic E-state index is 0.837. The van der Waals surface area contributed by atoms with E-state index in [0.717, 1.165) is 18.8 Å². The van der Waals surface area contributed by atoms with Crippen molar-refractivity contribution in [3.05, 3.63) is 13.8 Å². The SMILES string of the molecule is [CH2]CCCCCCCCCCCCCCCC(C)C[CH2]. The van der Waals surface area contributed by atoms with Crippen LogP contribution in [0.2, 0.25) is 0 Å². The van der Waals surface area contributed by atoms with Crippen molar-refractivity contribution in [1.29, 1.82) is 0 Å². The van der Waals surface area contributed by atoms with Gasteiger partial charge in [0.1, 0.15) is 0 Å². The Hall–Kier alpha value is 0. The smallest absolute Gasteiger partial charge is 0.0443 e. The van der Waals surface area contributed by atoms with Crippen LogP contribution in [0.3, 0.4) is 0 Å². The first-order valence-corrected chi connectivity index (χ1v) is 9.39. The van der Waals surface area contributed by atoms with Gasteiger partial charge < -0.3 is 0 Å². The predicted molar refractivity (Wildman–Crippen MR) is 93.8 cm³/mol. The van der Waals surface area contributed by atoms with E-state index in [4.69, 9.17) is 0 Å². The number of hydrogen-bond donors (Lipinski definition) is 0. The first kappa shape index (κ1) is 20.0. The minimum Gasteiger partial charge on any atom is -0.0625 e. The van der Waals surface area contributed by atoms with Gasteiger partial charge in [0.25, 0.3) is 0 Å². The van der Waals surface area contributed by atoms with Gasteiger partial charge >= 0.3 is 0 Å². The van der Waals surface area contributed by atoms with Crippen molar-refractivity contribution in [3.63, 3.8) is 0 Å². The zero-order valence-corrected chi connectivity index (χ0v) is 14.3. The molecule has 0 aliphatic heterocycles. The van der Waals surface area contributed by atoms with Crippen LogP contribution < -0.4 is 0 Å². The van der Waals surface area contributed by atoms with Crippen LogP contribution in [0.1, 0.15) is 110 Å². The van der Waals surface area contributed by atoms with Crippen molar-refractivity contribution >= 4 is 0 Å². The van der Waals surface area contributed by atoms with Crippen molar-refractivity contribution in [1.82, 2.24) is 0 Å². The molecule has 0 saturated carbocycles. The van der Waals surface area contributed by atoms with Crippen LogP contribution in [0, 0.1) is 19.8 Å². The van der Waals surface area contributed by atoms with Crippen LogP contribution in [0.25, 0.3) is 0 Å². The summed E-state index contributed by atoms with van der Waals surface area (Å²) in [4.78, 5) is 0. The molecule has 20 heavy (non-hydrogen) atoms. The summed E-state index contributed by atoms with van der Waals surface area (Å²) in [6.45, 7) is 10.2. The fraction of sp³-hybridized carbons (Fsp3) is 0.900. The van der Waals surface area contributed by atoms with Gasteiger partial charge in [0.05, 0.1) is 0 Å². The van der Waals surface area contributed by atoms with E-state index < -0.39 is 0 Å². The van der Waals surface area contributed by atoms with E-state index >= 15 is 0 Å². The first-order valence-electron chi connectivity index (χ1n) is 9.39. The molecule has 0 fully saturated rings. The first-order chi connectivity index (χ1) is 9.81. The molecule has 1 unspecified atom stereocenters. The normalized spacial score (nSPS) is 12.8. The fourth-order valence-electron chi connectivity index (χ4n) is 2.76. The van der Waals surface area contributed by atoms with Gasteiger partial charge in [-0.15, -0.1) is 0 Å². The summed E-state index contributed by atoms with van der Waals surface area (Å²) in [6.07, 6.45) is 22.3. The molecule has 2 radical (unpaired) electrons. The van der Waals surface area contributed by atoms with Gasteiger partial charge in [-0.1, -0.05) is 124 Å². The molecule has 0 amide bonds.